The first-order valence-electron chi connectivity index (χ1n) is 6.53. The van der Waals surface area contributed by atoms with E-state index in [1.54, 1.807) is 0 Å². The molecule has 0 aliphatic carbocycles. The Kier molecular flexibility index (Phi) is 5.03. The Morgan fingerprint density at radius 1 is 1.33 bits per heavy atom. The minimum absolute atomic E-state index is 0.0936. The number of likely N-dealkylation sites (N-methyl/N-ethyl adjacent to an activating group) is 1. The van der Waals surface area contributed by atoms with Crippen LogP contribution in [0.2, 0.25) is 0 Å². The molecular formula is C14H21BrN2O. The van der Waals surface area contributed by atoms with Crippen LogP contribution in [0, 0.1) is 0 Å². The van der Waals surface area contributed by atoms with E-state index in [0.717, 1.165) is 23.1 Å². The molecule has 1 N–H and O–H groups in total. The van der Waals surface area contributed by atoms with Crippen molar-refractivity contribution in [2.75, 3.05) is 38.1 Å². The third-order valence-electron chi connectivity index (χ3n) is 3.56. The first-order valence-corrected chi connectivity index (χ1v) is 7.33. The lowest BCUT2D eigenvalue weighted by atomic mass is 10.2. The van der Waals surface area contributed by atoms with Gasteiger partial charge in [-0.05, 0) is 59.6 Å². The maximum atomic E-state index is 9.10. The highest BCUT2D eigenvalue weighted by atomic mass is 79.9. The van der Waals surface area contributed by atoms with Crippen LogP contribution in [0.3, 0.4) is 0 Å². The van der Waals surface area contributed by atoms with E-state index in [4.69, 9.17) is 5.11 Å². The summed E-state index contributed by atoms with van der Waals surface area (Å²) in [6.07, 6.45) is 2.69. The standard InChI is InChI=1S/C14H21BrN2O/c1-16(8-9-17-6-2-3-7-17)14-5-4-12(11-18)10-13(14)15/h4-5,10,18H,2-3,6-9,11H2,1H3. The lowest BCUT2D eigenvalue weighted by Gasteiger charge is -2.24. The van der Waals surface area contributed by atoms with Crippen molar-refractivity contribution in [3.63, 3.8) is 0 Å². The van der Waals surface area contributed by atoms with E-state index in [2.05, 4.69) is 38.8 Å². The summed E-state index contributed by atoms with van der Waals surface area (Å²) in [7, 11) is 2.12. The SMILES string of the molecule is CN(CCN1CCCC1)c1ccc(CO)cc1Br. The van der Waals surface area contributed by atoms with E-state index in [1.165, 1.54) is 31.6 Å². The Hall–Kier alpha value is -0.580. The van der Waals surface area contributed by atoms with Crippen molar-refractivity contribution in [3.05, 3.63) is 28.2 Å². The van der Waals surface area contributed by atoms with Crippen LogP contribution < -0.4 is 4.90 Å². The van der Waals surface area contributed by atoms with Crippen molar-refractivity contribution in [2.45, 2.75) is 19.4 Å². The van der Waals surface area contributed by atoms with Gasteiger partial charge in [0.15, 0.2) is 0 Å². The van der Waals surface area contributed by atoms with E-state index in [0.29, 0.717) is 0 Å². The lowest BCUT2D eigenvalue weighted by Crippen LogP contribution is -2.31. The number of hydrogen-bond donors (Lipinski definition) is 1. The quantitative estimate of drug-likeness (QED) is 0.905. The van der Waals surface area contributed by atoms with Crippen molar-refractivity contribution in [3.8, 4) is 0 Å². The molecule has 1 aliphatic heterocycles. The maximum Gasteiger partial charge on any atom is 0.0682 e. The average Bonchev–Trinajstić information content (AvgIpc) is 2.88. The number of hydrogen-bond acceptors (Lipinski definition) is 3. The second-order valence-corrected chi connectivity index (χ2v) is 5.77. The van der Waals surface area contributed by atoms with Gasteiger partial charge in [-0.3, -0.25) is 0 Å². The van der Waals surface area contributed by atoms with Gasteiger partial charge in [0.05, 0.1) is 12.3 Å². The summed E-state index contributed by atoms with van der Waals surface area (Å²) in [6, 6.07) is 6.04. The Morgan fingerprint density at radius 3 is 2.67 bits per heavy atom. The largest absolute Gasteiger partial charge is 0.392 e. The van der Waals surface area contributed by atoms with Gasteiger partial charge in [0.2, 0.25) is 0 Å². The van der Waals surface area contributed by atoms with Crippen molar-refractivity contribution in [1.82, 2.24) is 4.90 Å². The average molecular weight is 313 g/mol. The molecule has 0 unspecified atom stereocenters. The molecule has 0 aromatic heterocycles. The molecule has 0 atom stereocenters. The number of nitrogens with zero attached hydrogens (tertiary/aromatic N) is 2. The predicted octanol–water partition coefficient (Wildman–Crippen LogP) is 2.47. The topological polar surface area (TPSA) is 26.7 Å². The van der Waals surface area contributed by atoms with Gasteiger partial charge in [0.1, 0.15) is 0 Å². The summed E-state index contributed by atoms with van der Waals surface area (Å²) in [6.45, 7) is 4.76. The molecule has 1 saturated heterocycles. The van der Waals surface area contributed by atoms with E-state index in [-0.39, 0.29) is 6.61 Å². The highest BCUT2D eigenvalue weighted by Gasteiger charge is 2.13. The molecule has 1 fully saturated rings. The van der Waals surface area contributed by atoms with Gasteiger partial charge in [-0.25, -0.2) is 0 Å². The second kappa shape index (κ2) is 6.55. The summed E-state index contributed by atoms with van der Waals surface area (Å²) >= 11 is 3.58. The van der Waals surface area contributed by atoms with Gasteiger partial charge in [-0.2, -0.15) is 0 Å². The zero-order valence-corrected chi connectivity index (χ0v) is 12.5. The molecule has 0 saturated carbocycles. The summed E-state index contributed by atoms with van der Waals surface area (Å²) in [5, 5.41) is 9.10. The molecule has 18 heavy (non-hydrogen) atoms. The molecule has 1 aliphatic rings. The highest BCUT2D eigenvalue weighted by Crippen LogP contribution is 2.26. The van der Waals surface area contributed by atoms with Gasteiger partial charge in [-0.1, -0.05) is 6.07 Å². The minimum Gasteiger partial charge on any atom is -0.392 e. The highest BCUT2D eigenvalue weighted by molar-refractivity contribution is 9.10. The maximum absolute atomic E-state index is 9.10. The molecule has 1 aromatic carbocycles. The molecule has 0 radical (unpaired) electrons. The van der Waals surface area contributed by atoms with Gasteiger partial charge in [0, 0.05) is 24.6 Å². The smallest absolute Gasteiger partial charge is 0.0682 e. The van der Waals surface area contributed by atoms with Gasteiger partial charge >= 0.3 is 0 Å². The predicted molar refractivity (Wildman–Crippen MR) is 79.0 cm³/mol. The molecule has 100 valence electrons. The van der Waals surface area contributed by atoms with E-state index < -0.39 is 0 Å². The van der Waals surface area contributed by atoms with Gasteiger partial charge in [-0.15, -0.1) is 0 Å². The third kappa shape index (κ3) is 3.46. The number of benzene rings is 1. The molecule has 3 nitrogen and oxygen atoms in total. The van der Waals surface area contributed by atoms with E-state index >= 15 is 0 Å². The Balaban J connectivity index is 1.93. The van der Waals surface area contributed by atoms with Crippen LogP contribution in [0.4, 0.5) is 5.69 Å². The number of aliphatic hydroxyl groups is 1. The Bertz CT molecular complexity index is 391. The monoisotopic (exact) mass is 312 g/mol. The van der Waals surface area contributed by atoms with Gasteiger partial charge in [0.25, 0.3) is 0 Å². The molecule has 1 aromatic rings. The van der Waals surface area contributed by atoms with Gasteiger partial charge < -0.3 is 14.9 Å². The van der Waals surface area contributed by atoms with E-state index in [1.807, 2.05) is 12.1 Å². The molecule has 4 heteroatoms. The molecular weight excluding hydrogens is 292 g/mol. The fourth-order valence-corrected chi connectivity index (χ4v) is 3.11. The second-order valence-electron chi connectivity index (χ2n) is 4.91. The zero-order valence-electron chi connectivity index (χ0n) is 10.9. The van der Waals surface area contributed by atoms with Crippen LogP contribution >= 0.6 is 15.9 Å². The number of aliphatic hydroxyl groups excluding tert-OH is 1. The van der Waals surface area contributed by atoms with Crippen molar-refractivity contribution in [1.29, 1.82) is 0 Å². The molecule has 0 bridgehead atoms. The van der Waals surface area contributed by atoms with Crippen molar-refractivity contribution >= 4 is 21.6 Å². The first-order chi connectivity index (χ1) is 8.70. The summed E-state index contributed by atoms with van der Waals surface area (Å²) in [4.78, 5) is 4.79. The molecule has 0 amide bonds. The molecule has 1 heterocycles. The van der Waals surface area contributed by atoms with E-state index in [9.17, 15) is 0 Å². The van der Waals surface area contributed by atoms with Crippen molar-refractivity contribution < 1.29 is 5.11 Å². The molecule has 0 spiro atoms. The minimum atomic E-state index is 0.0936. The van der Waals surface area contributed by atoms with Crippen LogP contribution in [-0.4, -0.2) is 43.2 Å². The summed E-state index contributed by atoms with van der Waals surface area (Å²) in [5.41, 5.74) is 2.13. The van der Waals surface area contributed by atoms with Crippen LogP contribution in [0.1, 0.15) is 18.4 Å². The third-order valence-corrected chi connectivity index (χ3v) is 4.19. The number of likely N-dealkylation sites (tertiary alicyclic amines) is 1. The van der Waals surface area contributed by atoms with Crippen LogP contribution in [0.5, 0.6) is 0 Å². The Morgan fingerprint density at radius 2 is 2.06 bits per heavy atom. The first kappa shape index (κ1) is 13.8. The fourth-order valence-electron chi connectivity index (χ4n) is 2.38. The number of rotatable bonds is 5. The number of anilines is 1. The van der Waals surface area contributed by atoms with Crippen LogP contribution in [0.15, 0.2) is 22.7 Å². The summed E-state index contributed by atoms with van der Waals surface area (Å²) < 4.78 is 1.05. The lowest BCUT2D eigenvalue weighted by molar-refractivity contribution is 0.282. The fraction of sp³-hybridized carbons (Fsp3) is 0.571. The van der Waals surface area contributed by atoms with Crippen LogP contribution in [-0.2, 0) is 6.61 Å². The van der Waals surface area contributed by atoms with Crippen molar-refractivity contribution in [2.24, 2.45) is 0 Å². The zero-order chi connectivity index (χ0) is 13.0. The summed E-state index contributed by atoms with van der Waals surface area (Å²) in [5.74, 6) is 0. The number of halogens is 1. The normalized spacial score (nSPS) is 16.2. The molecule has 2 rings (SSSR count). The Labute approximate surface area is 118 Å². The van der Waals surface area contributed by atoms with Crippen LogP contribution in [0.25, 0.3) is 0 Å².